The average Bonchev–Trinajstić information content (AvgIpc) is 2.33. The largest absolute Gasteiger partial charge is 0.330 e. The summed E-state index contributed by atoms with van der Waals surface area (Å²) >= 11 is 0. The number of nitrogens with zero attached hydrogens (tertiary/aromatic N) is 1. The van der Waals surface area contributed by atoms with Gasteiger partial charge in [0.25, 0.3) is 0 Å². The van der Waals surface area contributed by atoms with Gasteiger partial charge in [0.1, 0.15) is 0 Å². The third-order valence-corrected chi connectivity index (χ3v) is 4.08. The molecular formula is C15H24N2. The first-order chi connectivity index (χ1) is 8.24. The van der Waals surface area contributed by atoms with Gasteiger partial charge in [-0.3, -0.25) is 0 Å². The lowest BCUT2D eigenvalue weighted by molar-refractivity contribution is 0.0882. The van der Waals surface area contributed by atoms with Crippen LogP contribution in [0.25, 0.3) is 0 Å². The van der Waals surface area contributed by atoms with Gasteiger partial charge < -0.3 is 10.6 Å². The van der Waals surface area contributed by atoms with E-state index >= 15 is 0 Å². The average molecular weight is 232 g/mol. The van der Waals surface area contributed by atoms with Crippen LogP contribution in [0.1, 0.15) is 24.8 Å². The molecule has 1 aromatic rings. The van der Waals surface area contributed by atoms with E-state index in [-0.39, 0.29) is 0 Å². The van der Waals surface area contributed by atoms with Gasteiger partial charge in [-0.1, -0.05) is 36.8 Å². The fraction of sp³-hybridized carbons (Fsp3) is 0.600. The first kappa shape index (κ1) is 12.6. The molecule has 1 saturated carbocycles. The molecule has 0 aliphatic heterocycles. The number of hydrogen-bond acceptors (Lipinski definition) is 2. The molecule has 0 saturated heterocycles. The van der Waals surface area contributed by atoms with Crippen LogP contribution < -0.4 is 5.73 Å². The van der Waals surface area contributed by atoms with Gasteiger partial charge in [0, 0.05) is 13.1 Å². The minimum Gasteiger partial charge on any atom is -0.330 e. The topological polar surface area (TPSA) is 29.3 Å². The molecule has 1 aliphatic carbocycles. The van der Waals surface area contributed by atoms with E-state index in [9.17, 15) is 0 Å². The quantitative estimate of drug-likeness (QED) is 0.815. The number of likely N-dealkylation sites (N-methyl/N-ethyl adjacent to an activating group) is 1. The summed E-state index contributed by atoms with van der Waals surface area (Å²) in [6.07, 6.45) is 5.14. The van der Waals surface area contributed by atoms with Crippen LogP contribution in [0.3, 0.4) is 0 Å². The van der Waals surface area contributed by atoms with Crippen molar-refractivity contribution in [2.24, 2.45) is 11.1 Å². The molecule has 0 bridgehead atoms. The Bertz CT molecular complexity index is 325. The van der Waals surface area contributed by atoms with Gasteiger partial charge in [-0.05, 0) is 43.8 Å². The summed E-state index contributed by atoms with van der Waals surface area (Å²) in [7, 11) is 2.22. The van der Waals surface area contributed by atoms with Gasteiger partial charge in [-0.15, -0.1) is 0 Å². The Morgan fingerprint density at radius 2 is 1.94 bits per heavy atom. The molecule has 0 atom stereocenters. The minimum absolute atomic E-state index is 0.436. The lowest BCUT2D eigenvalue weighted by Crippen LogP contribution is -2.46. The first-order valence-corrected chi connectivity index (χ1v) is 6.67. The van der Waals surface area contributed by atoms with Gasteiger partial charge in [-0.25, -0.2) is 0 Å². The molecule has 1 aromatic carbocycles. The van der Waals surface area contributed by atoms with Crippen molar-refractivity contribution in [2.45, 2.75) is 25.7 Å². The standard InChI is InChI=1S/C15H24N2/c1-17(13-15(12-16)9-5-10-15)11-8-14-6-3-2-4-7-14/h2-4,6-7H,5,8-13,16H2,1H3. The Morgan fingerprint density at radius 1 is 1.24 bits per heavy atom. The van der Waals surface area contributed by atoms with E-state index in [1.807, 2.05) is 0 Å². The van der Waals surface area contributed by atoms with E-state index in [0.29, 0.717) is 5.41 Å². The Hall–Kier alpha value is -0.860. The predicted octanol–water partition coefficient (Wildman–Crippen LogP) is 2.29. The zero-order valence-corrected chi connectivity index (χ0v) is 10.9. The van der Waals surface area contributed by atoms with Crippen molar-refractivity contribution in [3.8, 4) is 0 Å². The van der Waals surface area contributed by atoms with Gasteiger partial charge in [-0.2, -0.15) is 0 Å². The summed E-state index contributed by atoms with van der Waals surface area (Å²) in [4.78, 5) is 2.44. The molecule has 1 aliphatic rings. The molecule has 1 fully saturated rings. The van der Waals surface area contributed by atoms with E-state index in [0.717, 1.165) is 26.1 Å². The number of nitrogens with two attached hydrogens (primary N) is 1. The van der Waals surface area contributed by atoms with Crippen LogP contribution in [0, 0.1) is 5.41 Å². The third-order valence-electron chi connectivity index (χ3n) is 4.08. The minimum atomic E-state index is 0.436. The van der Waals surface area contributed by atoms with E-state index in [1.54, 1.807) is 0 Å². The normalized spacial score (nSPS) is 18.1. The highest BCUT2D eigenvalue weighted by molar-refractivity contribution is 5.14. The number of rotatable bonds is 6. The van der Waals surface area contributed by atoms with Crippen molar-refractivity contribution < 1.29 is 0 Å². The molecular weight excluding hydrogens is 208 g/mol. The van der Waals surface area contributed by atoms with Crippen LogP contribution >= 0.6 is 0 Å². The van der Waals surface area contributed by atoms with Crippen molar-refractivity contribution in [3.05, 3.63) is 35.9 Å². The third kappa shape index (κ3) is 3.30. The highest BCUT2D eigenvalue weighted by atomic mass is 15.1. The van der Waals surface area contributed by atoms with Crippen molar-refractivity contribution in [1.29, 1.82) is 0 Å². The molecule has 2 rings (SSSR count). The molecule has 0 unspecified atom stereocenters. The highest BCUT2D eigenvalue weighted by Crippen LogP contribution is 2.40. The second-order valence-corrected chi connectivity index (χ2v) is 5.53. The highest BCUT2D eigenvalue weighted by Gasteiger charge is 2.36. The summed E-state index contributed by atoms with van der Waals surface area (Å²) in [5.74, 6) is 0. The van der Waals surface area contributed by atoms with Crippen LogP contribution in [0.2, 0.25) is 0 Å². The lowest BCUT2D eigenvalue weighted by Gasteiger charge is -2.43. The van der Waals surface area contributed by atoms with Gasteiger partial charge in [0.2, 0.25) is 0 Å². The fourth-order valence-electron chi connectivity index (χ4n) is 2.72. The van der Waals surface area contributed by atoms with Crippen molar-refractivity contribution in [2.75, 3.05) is 26.7 Å². The molecule has 0 radical (unpaired) electrons. The van der Waals surface area contributed by atoms with E-state index in [2.05, 4.69) is 42.3 Å². The zero-order chi connectivity index (χ0) is 12.1. The fourth-order valence-corrected chi connectivity index (χ4v) is 2.72. The second-order valence-electron chi connectivity index (χ2n) is 5.53. The van der Waals surface area contributed by atoms with E-state index in [1.165, 1.54) is 24.8 Å². The lowest BCUT2D eigenvalue weighted by atomic mass is 9.68. The van der Waals surface area contributed by atoms with Gasteiger partial charge in [0.15, 0.2) is 0 Å². The Labute approximate surface area is 105 Å². The molecule has 94 valence electrons. The van der Waals surface area contributed by atoms with E-state index < -0.39 is 0 Å². The Kier molecular flexibility index (Phi) is 4.19. The molecule has 2 nitrogen and oxygen atoms in total. The maximum absolute atomic E-state index is 5.90. The Morgan fingerprint density at radius 3 is 2.47 bits per heavy atom. The number of benzene rings is 1. The maximum atomic E-state index is 5.90. The molecule has 0 amide bonds. The summed E-state index contributed by atoms with van der Waals surface area (Å²) < 4.78 is 0. The maximum Gasteiger partial charge on any atom is 0.00471 e. The molecule has 0 heterocycles. The Balaban J connectivity index is 1.76. The van der Waals surface area contributed by atoms with Crippen molar-refractivity contribution >= 4 is 0 Å². The molecule has 0 spiro atoms. The molecule has 2 N–H and O–H groups in total. The van der Waals surface area contributed by atoms with E-state index in [4.69, 9.17) is 5.73 Å². The smallest absolute Gasteiger partial charge is 0.00471 e. The first-order valence-electron chi connectivity index (χ1n) is 6.67. The van der Waals surface area contributed by atoms with Crippen LogP contribution in [0.5, 0.6) is 0 Å². The summed E-state index contributed by atoms with van der Waals surface area (Å²) in [5, 5.41) is 0. The zero-order valence-electron chi connectivity index (χ0n) is 10.9. The van der Waals surface area contributed by atoms with Gasteiger partial charge in [0.05, 0.1) is 0 Å². The summed E-state index contributed by atoms with van der Waals surface area (Å²) in [6, 6.07) is 10.7. The van der Waals surface area contributed by atoms with Crippen LogP contribution in [0.15, 0.2) is 30.3 Å². The van der Waals surface area contributed by atoms with Crippen molar-refractivity contribution in [3.63, 3.8) is 0 Å². The molecule has 2 heteroatoms. The molecule has 17 heavy (non-hydrogen) atoms. The number of hydrogen-bond donors (Lipinski definition) is 1. The molecule has 0 aromatic heterocycles. The SMILES string of the molecule is CN(CCc1ccccc1)CC1(CN)CCC1. The van der Waals surface area contributed by atoms with Crippen LogP contribution in [-0.2, 0) is 6.42 Å². The monoisotopic (exact) mass is 232 g/mol. The van der Waals surface area contributed by atoms with Crippen LogP contribution in [-0.4, -0.2) is 31.6 Å². The van der Waals surface area contributed by atoms with Crippen LogP contribution in [0.4, 0.5) is 0 Å². The summed E-state index contributed by atoms with van der Waals surface area (Å²) in [5.41, 5.74) is 7.76. The van der Waals surface area contributed by atoms with Crippen molar-refractivity contribution in [1.82, 2.24) is 4.90 Å². The second kappa shape index (κ2) is 5.65. The van der Waals surface area contributed by atoms with Gasteiger partial charge >= 0.3 is 0 Å². The predicted molar refractivity (Wildman–Crippen MR) is 73.0 cm³/mol. The summed E-state index contributed by atoms with van der Waals surface area (Å²) in [6.45, 7) is 3.14.